The zero-order valence-corrected chi connectivity index (χ0v) is 11.1. The Morgan fingerprint density at radius 3 is 2.68 bits per heavy atom. The van der Waals surface area contributed by atoms with E-state index in [2.05, 4.69) is 4.99 Å². The first-order chi connectivity index (χ1) is 10.2. The van der Waals surface area contributed by atoms with Crippen LogP contribution < -0.4 is 5.73 Å². The zero-order valence-electron chi connectivity index (χ0n) is 11.1. The smallest absolute Gasteiger partial charge is 0.385 e. The van der Waals surface area contributed by atoms with Crippen LogP contribution in [0.2, 0.25) is 0 Å². The predicted octanol–water partition coefficient (Wildman–Crippen LogP) is 2.27. The van der Waals surface area contributed by atoms with Gasteiger partial charge < -0.3 is 10.5 Å². The largest absolute Gasteiger partial charge is 0.418 e. The molecule has 10 heteroatoms. The monoisotopic (exact) mass is 321 g/mol. The number of ether oxygens (including phenoxy) is 1. The van der Waals surface area contributed by atoms with E-state index in [1.54, 1.807) is 0 Å². The molecule has 1 atom stereocenters. The number of non-ortho nitro benzene ring substituents is 1. The van der Waals surface area contributed by atoms with Crippen molar-refractivity contribution in [1.29, 1.82) is 0 Å². The minimum atomic E-state index is -5.00. The van der Waals surface area contributed by atoms with Gasteiger partial charge >= 0.3 is 6.18 Å². The fourth-order valence-corrected chi connectivity index (χ4v) is 2.23. The standard InChI is InChI=1S/C12H11F4N3O3/c13-9-2-1-7(19(20)21)5-8(9)11(12(14,15)16)3-4-22-6-10(17)18-11/h1-2,5H,3-4,6H2,(H2,17,18). The van der Waals surface area contributed by atoms with Crippen molar-refractivity contribution in [2.75, 3.05) is 13.2 Å². The van der Waals surface area contributed by atoms with Gasteiger partial charge in [0.2, 0.25) is 0 Å². The van der Waals surface area contributed by atoms with E-state index >= 15 is 0 Å². The van der Waals surface area contributed by atoms with Crippen LogP contribution in [-0.4, -0.2) is 30.1 Å². The second kappa shape index (κ2) is 5.52. The number of nitrogens with zero attached hydrogens (tertiary/aromatic N) is 2. The summed E-state index contributed by atoms with van der Waals surface area (Å²) >= 11 is 0. The van der Waals surface area contributed by atoms with Crippen molar-refractivity contribution in [2.45, 2.75) is 18.1 Å². The van der Waals surface area contributed by atoms with Crippen LogP contribution in [0.25, 0.3) is 0 Å². The Kier molecular flexibility index (Phi) is 4.05. The molecule has 1 aromatic carbocycles. The maximum atomic E-state index is 14.0. The summed E-state index contributed by atoms with van der Waals surface area (Å²) in [5.74, 6) is -1.71. The summed E-state index contributed by atoms with van der Waals surface area (Å²) in [6.45, 7) is -0.694. The van der Waals surface area contributed by atoms with Gasteiger partial charge in [-0.25, -0.2) is 9.38 Å². The van der Waals surface area contributed by atoms with E-state index in [4.69, 9.17) is 10.5 Å². The third kappa shape index (κ3) is 2.73. The van der Waals surface area contributed by atoms with Gasteiger partial charge in [0, 0.05) is 24.1 Å². The molecular weight excluding hydrogens is 310 g/mol. The van der Waals surface area contributed by atoms with Crippen molar-refractivity contribution in [3.63, 3.8) is 0 Å². The Morgan fingerprint density at radius 2 is 2.09 bits per heavy atom. The molecule has 1 unspecified atom stereocenters. The van der Waals surface area contributed by atoms with Gasteiger partial charge in [-0.2, -0.15) is 13.2 Å². The molecule has 22 heavy (non-hydrogen) atoms. The maximum Gasteiger partial charge on any atom is 0.418 e. The summed E-state index contributed by atoms with van der Waals surface area (Å²) in [5.41, 5.74) is 0.741. The zero-order chi connectivity index (χ0) is 16.5. The minimum Gasteiger partial charge on any atom is -0.385 e. The van der Waals surface area contributed by atoms with Crippen LogP contribution in [0, 0.1) is 15.9 Å². The van der Waals surface area contributed by atoms with Gasteiger partial charge in [-0.3, -0.25) is 10.1 Å². The highest BCUT2D eigenvalue weighted by Gasteiger charge is 2.58. The molecule has 1 aliphatic rings. The van der Waals surface area contributed by atoms with Gasteiger partial charge in [0.15, 0.2) is 5.54 Å². The molecule has 2 rings (SSSR count). The highest BCUT2D eigenvalue weighted by Crippen LogP contribution is 2.47. The van der Waals surface area contributed by atoms with E-state index in [1.165, 1.54) is 0 Å². The fourth-order valence-electron chi connectivity index (χ4n) is 2.23. The molecular formula is C12H11F4N3O3. The summed E-state index contributed by atoms with van der Waals surface area (Å²) in [7, 11) is 0. The molecule has 0 fully saturated rings. The van der Waals surface area contributed by atoms with Crippen molar-refractivity contribution in [3.8, 4) is 0 Å². The average Bonchev–Trinajstić information content (AvgIpc) is 2.61. The molecule has 0 radical (unpaired) electrons. The number of nitrogens with two attached hydrogens (primary N) is 1. The molecule has 0 saturated heterocycles. The van der Waals surface area contributed by atoms with E-state index in [9.17, 15) is 27.7 Å². The summed E-state index contributed by atoms with van der Waals surface area (Å²) in [6, 6.07) is 1.92. The summed E-state index contributed by atoms with van der Waals surface area (Å²) < 4.78 is 59.6. The Morgan fingerprint density at radius 1 is 1.41 bits per heavy atom. The molecule has 1 aromatic rings. The molecule has 1 heterocycles. The number of hydrogen-bond donors (Lipinski definition) is 1. The van der Waals surface area contributed by atoms with Crippen molar-refractivity contribution < 1.29 is 27.2 Å². The van der Waals surface area contributed by atoms with Crippen LogP contribution in [0.3, 0.4) is 0 Å². The fraction of sp³-hybridized carbons (Fsp3) is 0.417. The first-order valence-electron chi connectivity index (χ1n) is 6.10. The number of nitro benzene ring substituents is 1. The Balaban J connectivity index is 2.73. The van der Waals surface area contributed by atoms with Crippen LogP contribution in [0.1, 0.15) is 12.0 Å². The average molecular weight is 321 g/mol. The van der Waals surface area contributed by atoms with Crippen molar-refractivity contribution in [2.24, 2.45) is 10.7 Å². The lowest BCUT2D eigenvalue weighted by molar-refractivity contribution is -0.385. The quantitative estimate of drug-likeness (QED) is 0.514. The number of amidine groups is 1. The molecule has 120 valence electrons. The first kappa shape index (κ1) is 16.1. The molecule has 0 bridgehead atoms. The van der Waals surface area contributed by atoms with Gasteiger partial charge in [-0.15, -0.1) is 0 Å². The Labute approximate surface area is 121 Å². The summed E-state index contributed by atoms with van der Waals surface area (Å²) in [6.07, 6.45) is -5.73. The molecule has 0 spiro atoms. The van der Waals surface area contributed by atoms with Crippen molar-refractivity contribution >= 4 is 11.5 Å². The number of hydrogen-bond acceptors (Lipinski definition) is 5. The molecule has 0 aromatic heterocycles. The van der Waals surface area contributed by atoms with E-state index in [1.807, 2.05) is 0 Å². The van der Waals surface area contributed by atoms with Gasteiger partial charge in [0.1, 0.15) is 18.3 Å². The van der Waals surface area contributed by atoms with Crippen LogP contribution in [0.15, 0.2) is 23.2 Å². The Bertz CT molecular complexity index is 633. The lowest BCUT2D eigenvalue weighted by atomic mass is 9.86. The van der Waals surface area contributed by atoms with Crippen molar-refractivity contribution in [1.82, 2.24) is 0 Å². The third-order valence-corrected chi connectivity index (χ3v) is 3.27. The molecule has 0 aliphatic carbocycles. The first-order valence-corrected chi connectivity index (χ1v) is 6.10. The topological polar surface area (TPSA) is 90.8 Å². The second-order valence-corrected chi connectivity index (χ2v) is 4.69. The van der Waals surface area contributed by atoms with Gasteiger partial charge in [0.25, 0.3) is 5.69 Å². The van der Waals surface area contributed by atoms with Crippen LogP contribution in [-0.2, 0) is 10.3 Å². The normalized spacial score (nSPS) is 22.8. The van der Waals surface area contributed by atoms with Crippen molar-refractivity contribution in [3.05, 3.63) is 39.7 Å². The van der Waals surface area contributed by atoms with Gasteiger partial charge in [-0.1, -0.05) is 0 Å². The van der Waals surface area contributed by atoms with Gasteiger partial charge in [-0.05, 0) is 6.07 Å². The molecule has 0 amide bonds. The van der Waals surface area contributed by atoms with Crippen LogP contribution in [0.4, 0.5) is 23.2 Å². The van der Waals surface area contributed by atoms with Crippen LogP contribution in [0.5, 0.6) is 0 Å². The molecule has 6 nitrogen and oxygen atoms in total. The van der Waals surface area contributed by atoms with E-state index < -0.39 is 46.0 Å². The highest BCUT2D eigenvalue weighted by molar-refractivity contribution is 5.82. The number of aliphatic imine (C=N–C) groups is 1. The van der Waals surface area contributed by atoms with E-state index in [0.29, 0.717) is 12.1 Å². The number of halogens is 4. The molecule has 2 N–H and O–H groups in total. The number of nitro groups is 1. The molecule has 1 aliphatic heterocycles. The second-order valence-electron chi connectivity index (χ2n) is 4.69. The van der Waals surface area contributed by atoms with E-state index in [-0.39, 0.29) is 13.2 Å². The number of rotatable bonds is 2. The number of benzene rings is 1. The predicted molar refractivity (Wildman–Crippen MR) is 67.8 cm³/mol. The lowest BCUT2D eigenvalue weighted by Crippen LogP contribution is -2.43. The lowest BCUT2D eigenvalue weighted by Gasteiger charge is -2.31. The van der Waals surface area contributed by atoms with Crippen LogP contribution >= 0.6 is 0 Å². The third-order valence-electron chi connectivity index (χ3n) is 3.27. The van der Waals surface area contributed by atoms with E-state index in [0.717, 1.165) is 6.07 Å². The maximum absolute atomic E-state index is 14.0. The SMILES string of the molecule is NC1=NC(c2cc([N+](=O)[O-])ccc2F)(C(F)(F)F)CCOC1. The summed E-state index contributed by atoms with van der Waals surface area (Å²) in [5, 5.41) is 10.8. The highest BCUT2D eigenvalue weighted by atomic mass is 19.4. The minimum absolute atomic E-state index is 0.325. The van der Waals surface area contributed by atoms with Gasteiger partial charge in [0.05, 0.1) is 11.5 Å². The number of alkyl halides is 3. The Hall–Kier alpha value is -2.23. The summed E-state index contributed by atoms with van der Waals surface area (Å²) in [4.78, 5) is 13.2. The molecule has 0 saturated carbocycles.